The number of benzene rings is 3. The van der Waals surface area contributed by atoms with E-state index in [4.69, 9.17) is 9.47 Å². The minimum atomic E-state index is -0.568. The number of ether oxygens (including phenoxy) is 2. The summed E-state index contributed by atoms with van der Waals surface area (Å²) < 4.78 is 11.3. The summed E-state index contributed by atoms with van der Waals surface area (Å²) in [5, 5.41) is 5.18. The molecule has 1 aliphatic rings. The number of nitrogens with one attached hydrogen (secondary N) is 1. The standard InChI is InChI=1S/C29H34N2O4/c1-3-26(29(33)30-23-11-5-6-12-23)31(19-21-15-17-24(34-2)18-16-21)28(32)20-35-27-14-8-10-22-9-4-7-13-25(22)27/h4,7-10,13-18,23,26H,3,5-6,11-12,19-20H2,1-2H3,(H,30,33). The summed E-state index contributed by atoms with van der Waals surface area (Å²) in [6, 6.07) is 20.9. The first kappa shape index (κ1) is 24.6. The van der Waals surface area contributed by atoms with Crippen LogP contribution in [0.2, 0.25) is 0 Å². The van der Waals surface area contributed by atoms with E-state index in [0.717, 1.165) is 47.8 Å². The molecule has 6 nitrogen and oxygen atoms in total. The van der Waals surface area contributed by atoms with Crippen LogP contribution in [0, 0.1) is 0 Å². The minimum Gasteiger partial charge on any atom is -0.497 e. The van der Waals surface area contributed by atoms with Gasteiger partial charge in [0.2, 0.25) is 5.91 Å². The second-order valence-electron chi connectivity index (χ2n) is 9.05. The Morgan fingerprint density at radius 3 is 2.43 bits per heavy atom. The molecule has 0 bridgehead atoms. The van der Waals surface area contributed by atoms with Gasteiger partial charge in [-0.05, 0) is 48.4 Å². The Bertz CT molecular complexity index is 1130. The van der Waals surface area contributed by atoms with Crippen LogP contribution in [0.15, 0.2) is 66.7 Å². The molecule has 1 atom stereocenters. The molecule has 1 saturated carbocycles. The lowest BCUT2D eigenvalue weighted by Gasteiger charge is -2.31. The zero-order valence-electron chi connectivity index (χ0n) is 20.5. The molecule has 0 heterocycles. The smallest absolute Gasteiger partial charge is 0.261 e. The third-order valence-electron chi connectivity index (χ3n) is 6.70. The van der Waals surface area contributed by atoms with E-state index >= 15 is 0 Å². The van der Waals surface area contributed by atoms with Gasteiger partial charge in [0.1, 0.15) is 17.5 Å². The molecule has 3 aromatic rings. The number of fused-ring (bicyclic) bond motifs is 1. The summed E-state index contributed by atoms with van der Waals surface area (Å²) in [7, 11) is 1.62. The van der Waals surface area contributed by atoms with Gasteiger partial charge in [0.15, 0.2) is 6.61 Å². The molecule has 35 heavy (non-hydrogen) atoms. The molecule has 184 valence electrons. The van der Waals surface area contributed by atoms with Crippen LogP contribution < -0.4 is 14.8 Å². The van der Waals surface area contributed by atoms with Gasteiger partial charge in [0.05, 0.1) is 7.11 Å². The van der Waals surface area contributed by atoms with Crippen molar-refractivity contribution in [2.75, 3.05) is 13.7 Å². The Hall–Kier alpha value is -3.54. The molecule has 1 N–H and O–H groups in total. The first-order valence-corrected chi connectivity index (χ1v) is 12.4. The van der Waals surface area contributed by atoms with Crippen LogP contribution in [0.3, 0.4) is 0 Å². The third kappa shape index (κ3) is 6.13. The molecule has 1 aliphatic carbocycles. The van der Waals surface area contributed by atoms with Gasteiger partial charge in [-0.15, -0.1) is 0 Å². The zero-order chi connectivity index (χ0) is 24.6. The molecule has 6 heteroatoms. The van der Waals surface area contributed by atoms with Crippen LogP contribution in [0.4, 0.5) is 0 Å². The highest BCUT2D eigenvalue weighted by Gasteiger charge is 2.31. The van der Waals surface area contributed by atoms with E-state index in [0.29, 0.717) is 18.7 Å². The second kappa shape index (κ2) is 11.7. The van der Waals surface area contributed by atoms with Crippen LogP contribution >= 0.6 is 0 Å². The van der Waals surface area contributed by atoms with Gasteiger partial charge in [0, 0.05) is 18.0 Å². The highest BCUT2D eigenvalue weighted by molar-refractivity contribution is 5.90. The number of methoxy groups -OCH3 is 1. The fraction of sp³-hybridized carbons (Fsp3) is 0.379. The highest BCUT2D eigenvalue weighted by Crippen LogP contribution is 2.26. The molecule has 4 rings (SSSR count). The molecule has 0 spiro atoms. The number of rotatable bonds is 10. The Morgan fingerprint density at radius 2 is 1.71 bits per heavy atom. The summed E-state index contributed by atoms with van der Waals surface area (Å²) >= 11 is 0. The SMILES string of the molecule is CCC(C(=O)NC1CCCC1)N(Cc1ccc(OC)cc1)C(=O)COc1cccc2ccccc12. The lowest BCUT2D eigenvalue weighted by molar-refractivity contribution is -0.143. The Morgan fingerprint density at radius 1 is 1.00 bits per heavy atom. The molecule has 3 aromatic carbocycles. The van der Waals surface area contributed by atoms with Crippen molar-refractivity contribution in [3.05, 3.63) is 72.3 Å². The van der Waals surface area contributed by atoms with Crippen LogP contribution in [0.5, 0.6) is 11.5 Å². The predicted molar refractivity (Wildman–Crippen MR) is 137 cm³/mol. The highest BCUT2D eigenvalue weighted by atomic mass is 16.5. The van der Waals surface area contributed by atoms with Gasteiger partial charge < -0.3 is 19.7 Å². The largest absolute Gasteiger partial charge is 0.497 e. The molecular weight excluding hydrogens is 440 g/mol. The van der Waals surface area contributed by atoms with E-state index in [1.807, 2.05) is 73.7 Å². The number of carbonyl (C=O) groups excluding carboxylic acids is 2. The van der Waals surface area contributed by atoms with Gasteiger partial charge in [-0.3, -0.25) is 9.59 Å². The Balaban J connectivity index is 1.53. The molecular formula is C29H34N2O4. The quantitative estimate of drug-likeness (QED) is 0.444. The van der Waals surface area contributed by atoms with E-state index in [2.05, 4.69) is 5.32 Å². The van der Waals surface area contributed by atoms with E-state index < -0.39 is 6.04 Å². The molecule has 0 radical (unpaired) electrons. The Labute approximate surface area is 207 Å². The number of nitrogens with zero attached hydrogens (tertiary/aromatic N) is 1. The first-order chi connectivity index (χ1) is 17.1. The van der Waals surface area contributed by atoms with Crippen molar-refractivity contribution in [3.63, 3.8) is 0 Å². The summed E-state index contributed by atoms with van der Waals surface area (Å²) in [6.45, 7) is 2.12. The summed E-state index contributed by atoms with van der Waals surface area (Å²) in [6.07, 6.45) is 4.79. The van der Waals surface area contributed by atoms with Crippen molar-refractivity contribution in [2.45, 2.75) is 57.7 Å². The van der Waals surface area contributed by atoms with Gasteiger partial charge in [-0.2, -0.15) is 0 Å². The number of hydrogen-bond acceptors (Lipinski definition) is 4. The van der Waals surface area contributed by atoms with Crippen LogP contribution in [-0.2, 0) is 16.1 Å². The lowest BCUT2D eigenvalue weighted by Crippen LogP contribution is -2.52. The van der Waals surface area contributed by atoms with Gasteiger partial charge in [-0.25, -0.2) is 0 Å². The normalized spacial score (nSPS) is 14.5. The molecule has 1 unspecified atom stereocenters. The topological polar surface area (TPSA) is 67.9 Å². The van der Waals surface area contributed by atoms with Crippen LogP contribution in [0.1, 0.15) is 44.6 Å². The average Bonchev–Trinajstić information content (AvgIpc) is 3.40. The second-order valence-corrected chi connectivity index (χ2v) is 9.05. The molecule has 0 saturated heterocycles. The maximum Gasteiger partial charge on any atom is 0.261 e. The lowest BCUT2D eigenvalue weighted by atomic mass is 10.1. The van der Waals surface area contributed by atoms with Crippen LogP contribution in [0.25, 0.3) is 10.8 Å². The van der Waals surface area contributed by atoms with Gasteiger partial charge >= 0.3 is 0 Å². The van der Waals surface area contributed by atoms with E-state index in [1.54, 1.807) is 12.0 Å². The summed E-state index contributed by atoms with van der Waals surface area (Å²) in [5.41, 5.74) is 0.927. The van der Waals surface area contributed by atoms with E-state index in [9.17, 15) is 9.59 Å². The summed E-state index contributed by atoms with van der Waals surface area (Å²) in [4.78, 5) is 28.4. The zero-order valence-corrected chi connectivity index (χ0v) is 20.5. The summed E-state index contributed by atoms with van der Waals surface area (Å²) in [5.74, 6) is 1.09. The fourth-order valence-corrected chi connectivity index (χ4v) is 4.76. The van der Waals surface area contributed by atoms with E-state index in [-0.39, 0.29) is 24.5 Å². The van der Waals surface area contributed by atoms with Crippen molar-refractivity contribution >= 4 is 22.6 Å². The monoisotopic (exact) mass is 474 g/mol. The minimum absolute atomic E-state index is 0.0913. The predicted octanol–water partition coefficient (Wildman–Crippen LogP) is 5.09. The van der Waals surface area contributed by atoms with Crippen molar-refractivity contribution in [3.8, 4) is 11.5 Å². The van der Waals surface area contributed by atoms with Gasteiger partial charge in [0.25, 0.3) is 5.91 Å². The molecule has 0 aromatic heterocycles. The van der Waals surface area contributed by atoms with E-state index in [1.165, 1.54) is 0 Å². The maximum absolute atomic E-state index is 13.5. The maximum atomic E-state index is 13.5. The molecule has 0 aliphatic heterocycles. The molecule has 2 amide bonds. The number of carbonyl (C=O) groups is 2. The van der Waals surface area contributed by atoms with Crippen LogP contribution in [-0.4, -0.2) is 42.5 Å². The fourth-order valence-electron chi connectivity index (χ4n) is 4.76. The van der Waals surface area contributed by atoms with Crippen molar-refractivity contribution in [2.24, 2.45) is 0 Å². The third-order valence-corrected chi connectivity index (χ3v) is 6.70. The number of amides is 2. The van der Waals surface area contributed by atoms with Crippen molar-refractivity contribution < 1.29 is 19.1 Å². The van der Waals surface area contributed by atoms with Gasteiger partial charge in [-0.1, -0.05) is 68.3 Å². The Kier molecular flexibility index (Phi) is 8.24. The van der Waals surface area contributed by atoms with Crippen molar-refractivity contribution in [1.82, 2.24) is 10.2 Å². The first-order valence-electron chi connectivity index (χ1n) is 12.4. The van der Waals surface area contributed by atoms with Crippen molar-refractivity contribution in [1.29, 1.82) is 0 Å². The number of hydrogen-bond donors (Lipinski definition) is 1. The average molecular weight is 475 g/mol. The molecule has 1 fully saturated rings.